The van der Waals surface area contributed by atoms with E-state index >= 15 is 0 Å². The topological polar surface area (TPSA) is 141 Å². The third-order valence-corrected chi connectivity index (χ3v) is 12.8. The molecular formula is C54H36Cl2N10. The van der Waals surface area contributed by atoms with Crippen molar-refractivity contribution in [3.63, 3.8) is 0 Å². The number of hydrogen-bond donors (Lipinski definition) is 2. The zero-order chi connectivity index (χ0) is 44.7. The van der Waals surface area contributed by atoms with E-state index in [9.17, 15) is 0 Å². The molecule has 6 aromatic carbocycles. The number of nitrogens with zero attached hydrogens (tertiary/aromatic N) is 8. The third kappa shape index (κ3) is 7.44. The van der Waals surface area contributed by atoms with Crippen LogP contribution in [0.15, 0.2) is 159 Å². The Morgan fingerprint density at radius 2 is 0.924 bits per heavy atom. The maximum atomic E-state index is 8.84. The number of H-pyrrole nitrogens is 2. The standard InChI is InChI=1S/2C27H18ClN5/c2*28-23-14-25-22(13-21(23)18-5-8-24-19(12-18)9-11-30-24)27-26(15-31-25)32-16-33(27)20-6-3-17(4-7-20)2-1-10-29/h2*3-9,11-16,30H,1-2H2. The van der Waals surface area contributed by atoms with Gasteiger partial charge in [-0.25, -0.2) is 9.97 Å². The van der Waals surface area contributed by atoms with Gasteiger partial charge in [-0.05, 0) is 131 Å². The number of fused-ring (bicyclic) bond motifs is 8. The number of benzene rings is 6. The Bertz CT molecular complexity index is 3630. The molecule has 66 heavy (non-hydrogen) atoms. The van der Waals surface area contributed by atoms with E-state index in [1.807, 2.05) is 37.2 Å². The summed E-state index contributed by atoms with van der Waals surface area (Å²) in [5, 5.41) is 23.3. The van der Waals surface area contributed by atoms with Gasteiger partial charge in [0, 0.05) is 69.5 Å². The summed E-state index contributed by atoms with van der Waals surface area (Å²) in [6.07, 6.45) is 13.6. The molecule has 10 nitrogen and oxygen atoms in total. The number of aryl methyl sites for hydroxylation is 2. The lowest BCUT2D eigenvalue weighted by Crippen LogP contribution is -1.95. The molecular weight excluding hydrogens is 860 g/mol. The number of hydrogen-bond acceptors (Lipinski definition) is 6. The van der Waals surface area contributed by atoms with Crippen LogP contribution in [0, 0.1) is 22.7 Å². The van der Waals surface area contributed by atoms with Crippen molar-refractivity contribution in [3.05, 3.63) is 180 Å². The molecule has 0 aliphatic carbocycles. The number of nitrogens with one attached hydrogen (secondary N) is 2. The molecule has 0 spiro atoms. The average Bonchev–Trinajstić information content (AvgIpc) is 4.19. The van der Waals surface area contributed by atoms with E-state index in [2.05, 4.69) is 160 Å². The van der Waals surface area contributed by atoms with Gasteiger partial charge in [0.1, 0.15) is 23.7 Å². The van der Waals surface area contributed by atoms with Crippen LogP contribution in [0.5, 0.6) is 0 Å². The molecule has 0 saturated heterocycles. The zero-order valence-electron chi connectivity index (χ0n) is 35.2. The normalized spacial score (nSPS) is 11.4. The van der Waals surface area contributed by atoms with Gasteiger partial charge >= 0.3 is 0 Å². The summed E-state index contributed by atoms with van der Waals surface area (Å²) in [6, 6.07) is 45.7. The highest BCUT2D eigenvalue weighted by Crippen LogP contribution is 2.38. The Hall–Kier alpha value is -8.28. The number of aromatic amines is 2. The van der Waals surface area contributed by atoms with E-state index in [1.165, 1.54) is 0 Å². The fourth-order valence-electron chi connectivity index (χ4n) is 8.75. The van der Waals surface area contributed by atoms with Crippen LogP contribution < -0.4 is 0 Å². The zero-order valence-corrected chi connectivity index (χ0v) is 36.7. The molecule has 0 amide bonds. The van der Waals surface area contributed by atoms with Crippen LogP contribution >= 0.6 is 23.2 Å². The van der Waals surface area contributed by atoms with Crippen molar-refractivity contribution in [2.24, 2.45) is 0 Å². The first kappa shape index (κ1) is 40.5. The summed E-state index contributed by atoms with van der Waals surface area (Å²) in [4.78, 5) is 24.9. The fourth-order valence-corrected chi connectivity index (χ4v) is 9.29. The van der Waals surface area contributed by atoms with E-state index in [4.69, 9.17) is 33.7 Å². The molecule has 0 aliphatic heterocycles. The van der Waals surface area contributed by atoms with Crippen molar-refractivity contribution in [1.29, 1.82) is 10.5 Å². The highest BCUT2D eigenvalue weighted by atomic mass is 35.5. The minimum absolute atomic E-state index is 0.516. The molecule has 12 heteroatoms. The van der Waals surface area contributed by atoms with Crippen molar-refractivity contribution >= 4 is 88.9 Å². The number of halogens is 2. The Balaban J connectivity index is 0.000000146. The quantitative estimate of drug-likeness (QED) is 0.156. The molecule has 0 bridgehead atoms. The van der Waals surface area contributed by atoms with E-state index in [1.54, 1.807) is 12.4 Å². The van der Waals surface area contributed by atoms with Crippen LogP contribution in [0.3, 0.4) is 0 Å². The highest BCUT2D eigenvalue weighted by molar-refractivity contribution is 6.35. The van der Waals surface area contributed by atoms with E-state index < -0.39 is 0 Å². The van der Waals surface area contributed by atoms with Crippen molar-refractivity contribution in [2.45, 2.75) is 25.7 Å². The monoisotopic (exact) mass is 894 g/mol. The van der Waals surface area contributed by atoms with Crippen LogP contribution in [0.4, 0.5) is 0 Å². The fraction of sp³-hybridized carbons (Fsp3) is 0.0741. The number of aromatic nitrogens is 8. The van der Waals surface area contributed by atoms with Crippen molar-refractivity contribution in [3.8, 4) is 45.8 Å². The first-order chi connectivity index (χ1) is 32.4. The molecule has 12 rings (SSSR count). The highest BCUT2D eigenvalue weighted by Gasteiger charge is 2.16. The van der Waals surface area contributed by atoms with Crippen LogP contribution in [0.25, 0.3) is 99.3 Å². The van der Waals surface area contributed by atoms with Gasteiger partial charge in [-0.15, -0.1) is 0 Å². The predicted octanol–water partition coefficient (Wildman–Crippen LogP) is 13.7. The second-order valence-electron chi connectivity index (χ2n) is 16.1. The van der Waals surface area contributed by atoms with Crippen molar-refractivity contribution < 1.29 is 0 Å². The van der Waals surface area contributed by atoms with Gasteiger partial charge in [0.25, 0.3) is 0 Å². The van der Waals surface area contributed by atoms with E-state index in [0.29, 0.717) is 22.9 Å². The molecule has 6 aromatic heterocycles. The van der Waals surface area contributed by atoms with Gasteiger partial charge in [0.05, 0.1) is 56.6 Å². The lowest BCUT2D eigenvalue weighted by atomic mass is 10.0. The van der Waals surface area contributed by atoms with Gasteiger partial charge in [-0.3, -0.25) is 19.1 Å². The smallest absolute Gasteiger partial charge is 0.108 e. The first-order valence-electron chi connectivity index (χ1n) is 21.4. The minimum atomic E-state index is 0.516. The first-order valence-corrected chi connectivity index (χ1v) is 22.2. The van der Waals surface area contributed by atoms with Crippen LogP contribution in [-0.2, 0) is 12.8 Å². The van der Waals surface area contributed by atoms with Gasteiger partial charge in [0.2, 0.25) is 0 Å². The third-order valence-electron chi connectivity index (χ3n) is 12.1. The van der Waals surface area contributed by atoms with Gasteiger partial charge in [-0.2, -0.15) is 10.5 Å². The summed E-state index contributed by atoms with van der Waals surface area (Å²) < 4.78 is 4.17. The molecule has 2 N–H and O–H groups in total. The van der Waals surface area contributed by atoms with Crippen LogP contribution in [0.1, 0.15) is 24.0 Å². The number of nitriles is 2. The second kappa shape index (κ2) is 17.0. The average molecular weight is 896 g/mol. The molecule has 6 heterocycles. The van der Waals surface area contributed by atoms with E-state index in [0.717, 1.165) is 123 Å². The maximum absolute atomic E-state index is 8.84. The van der Waals surface area contributed by atoms with Crippen LogP contribution in [-0.4, -0.2) is 39.0 Å². The van der Waals surface area contributed by atoms with Crippen molar-refractivity contribution in [1.82, 2.24) is 39.0 Å². The largest absolute Gasteiger partial charge is 0.361 e. The predicted molar refractivity (Wildman–Crippen MR) is 265 cm³/mol. The SMILES string of the molecule is N#CCCc1ccc(-n2cnc3cnc4cc(Cl)c(-c5ccc6[nH]ccc6c5)cc4c32)cc1.N#CCCc1ccc(-n2cnc3cnc4cc(Cl)c(-c5ccc6[nH]ccc6c5)cc4c32)cc1. The summed E-state index contributed by atoms with van der Waals surface area (Å²) in [6.45, 7) is 0. The lowest BCUT2D eigenvalue weighted by molar-refractivity contribution is 1.00. The molecule has 0 unspecified atom stereocenters. The summed E-state index contributed by atoms with van der Waals surface area (Å²) in [5.41, 5.74) is 15.8. The molecule has 0 saturated carbocycles. The molecule has 0 atom stereocenters. The minimum Gasteiger partial charge on any atom is -0.361 e. The summed E-state index contributed by atoms with van der Waals surface area (Å²) in [7, 11) is 0. The second-order valence-corrected chi connectivity index (χ2v) is 16.9. The number of pyridine rings is 2. The Kier molecular flexibility index (Phi) is 10.4. The number of imidazole rings is 2. The molecule has 0 aliphatic rings. The maximum Gasteiger partial charge on any atom is 0.108 e. The Morgan fingerprint density at radius 1 is 0.485 bits per heavy atom. The molecule has 12 aromatic rings. The molecule has 316 valence electrons. The molecule has 0 fully saturated rings. The summed E-state index contributed by atoms with van der Waals surface area (Å²) >= 11 is 13.4. The van der Waals surface area contributed by atoms with Crippen molar-refractivity contribution in [2.75, 3.05) is 0 Å². The van der Waals surface area contributed by atoms with Gasteiger partial charge < -0.3 is 9.97 Å². The Morgan fingerprint density at radius 3 is 1.35 bits per heavy atom. The van der Waals surface area contributed by atoms with Crippen LogP contribution in [0.2, 0.25) is 10.0 Å². The lowest BCUT2D eigenvalue weighted by Gasteiger charge is -2.11. The Labute approximate surface area is 388 Å². The van der Waals surface area contributed by atoms with E-state index in [-0.39, 0.29) is 0 Å². The number of rotatable bonds is 8. The van der Waals surface area contributed by atoms with Gasteiger partial charge in [-0.1, -0.05) is 59.6 Å². The van der Waals surface area contributed by atoms with Gasteiger partial charge in [0.15, 0.2) is 0 Å². The molecule has 0 radical (unpaired) electrons. The summed E-state index contributed by atoms with van der Waals surface area (Å²) in [5.74, 6) is 0.